The zero-order valence-electron chi connectivity index (χ0n) is 8.35. The smallest absolute Gasteiger partial charge is 0.267 e. The summed E-state index contributed by atoms with van der Waals surface area (Å²) in [5.41, 5.74) is 1.79. The Labute approximate surface area is 74.4 Å². The van der Waals surface area contributed by atoms with Crippen molar-refractivity contribution in [3.05, 3.63) is 11.1 Å². The molecule has 1 amide bonds. The van der Waals surface area contributed by atoms with Gasteiger partial charge in [0.1, 0.15) is 0 Å². The quantitative estimate of drug-likeness (QED) is 0.469. The lowest BCUT2D eigenvalue weighted by molar-refractivity contribution is -0.114. The summed E-state index contributed by atoms with van der Waals surface area (Å²) >= 11 is 0. The number of rotatable bonds is 3. The molecule has 0 unspecified atom stereocenters. The number of allylic oxidation sites excluding steroid dienone is 1. The van der Waals surface area contributed by atoms with Crippen LogP contribution in [0.2, 0.25) is 0 Å². The Hall–Kier alpha value is -0.920. The van der Waals surface area contributed by atoms with Gasteiger partial charge in [0, 0.05) is 11.8 Å². The summed E-state index contributed by atoms with van der Waals surface area (Å²) in [6, 6.07) is 0. The number of nitrogens with zero attached hydrogens (tertiary/aromatic N) is 1. The van der Waals surface area contributed by atoms with E-state index >= 15 is 0 Å². The average Bonchev–Trinajstić information content (AvgIpc) is 2.03. The van der Waals surface area contributed by atoms with Crippen LogP contribution in [-0.4, -0.2) is 12.1 Å². The Morgan fingerprint density at radius 2 is 1.92 bits per heavy atom. The molecule has 2 heteroatoms. The van der Waals surface area contributed by atoms with Gasteiger partial charge in [0.15, 0.2) is 0 Å². The SMILES string of the molecule is CCCC=NC(=O)C(C)=C(C)C. The highest BCUT2D eigenvalue weighted by Gasteiger charge is 2.01. The second kappa shape index (κ2) is 5.70. The van der Waals surface area contributed by atoms with E-state index in [2.05, 4.69) is 11.9 Å². The van der Waals surface area contributed by atoms with Gasteiger partial charge in [-0.05, 0) is 27.2 Å². The Morgan fingerprint density at radius 1 is 1.33 bits per heavy atom. The average molecular weight is 167 g/mol. The molecule has 0 radical (unpaired) electrons. The van der Waals surface area contributed by atoms with Gasteiger partial charge in [-0.1, -0.05) is 18.9 Å². The van der Waals surface area contributed by atoms with Crippen molar-refractivity contribution in [2.75, 3.05) is 0 Å². The second-order valence-corrected chi connectivity index (χ2v) is 3.03. The molecule has 0 aliphatic heterocycles. The lowest BCUT2D eigenvalue weighted by Crippen LogP contribution is -1.97. The number of hydrogen-bond donors (Lipinski definition) is 0. The second-order valence-electron chi connectivity index (χ2n) is 3.03. The van der Waals surface area contributed by atoms with Gasteiger partial charge in [-0.25, -0.2) is 4.99 Å². The molecule has 0 aliphatic carbocycles. The summed E-state index contributed by atoms with van der Waals surface area (Å²) in [6.07, 6.45) is 3.60. The van der Waals surface area contributed by atoms with Crippen molar-refractivity contribution in [3.63, 3.8) is 0 Å². The van der Waals surface area contributed by atoms with Gasteiger partial charge in [0.2, 0.25) is 0 Å². The normalized spacial score (nSPS) is 10.3. The molecule has 0 heterocycles. The Balaban J connectivity index is 4.14. The molecule has 0 aromatic heterocycles. The molecular weight excluding hydrogens is 150 g/mol. The molecule has 0 fully saturated rings. The molecule has 0 bridgehead atoms. The first-order valence-electron chi connectivity index (χ1n) is 4.30. The summed E-state index contributed by atoms with van der Waals surface area (Å²) in [7, 11) is 0. The zero-order chi connectivity index (χ0) is 9.56. The van der Waals surface area contributed by atoms with E-state index < -0.39 is 0 Å². The maximum Gasteiger partial charge on any atom is 0.272 e. The highest BCUT2D eigenvalue weighted by molar-refractivity contribution is 5.98. The fourth-order valence-corrected chi connectivity index (χ4v) is 0.587. The minimum Gasteiger partial charge on any atom is -0.267 e. The van der Waals surface area contributed by atoms with Crippen LogP contribution < -0.4 is 0 Å². The summed E-state index contributed by atoms with van der Waals surface area (Å²) in [6.45, 7) is 7.70. The predicted octanol–water partition coefficient (Wildman–Crippen LogP) is 2.74. The number of unbranched alkanes of at least 4 members (excludes halogenated alkanes) is 1. The van der Waals surface area contributed by atoms with Crippen LogP contribution in [0, 0.1) is 0 Å². The van der Waals surface area contributed by atoms with E-state index in [-0.39, 0.29) is 5.91 Å². The van der Waals surface area contributed by atoms with Gasteiger partial charge in [0.25, 0.3) is 5.91 Å². The van der Waals surface area contributed by atoms with E-state index in [1.54, 1.807) is 13.1 Å². The van der Waals surface area contributed by atoms with Crippen LogP contribution >= 0.6 is 0 Å². The standard InChI is InChI=1S/C10H17NO/c1-5-6-7-11-10(12)9(4)8(2)3/h7H,5-6H2,1-4H3. The van der Waals surface area contributed by atoms with Crippen LogP contribution in [0.4, 0.5) is 0 Å². The number of hydrogen-bond acceptors (Lipinski definition) is 1. The zero-order valence-corrected chi connectivity index (χ0v) is 8.35. The van der Waals surface area contributed by atoms with Gasteiger partial charge in [-0.2, -0.15) is 0 Å². The summed E-state index contributed by atoms with van der Waals surface area (Å²) < 4.78 is 0. The molecule has 68 valence electrons. The van der Waals surface area contributed by atoms with E-state index in [1.807, 2.05) is 13.8 Å². The molecule has 0 aromatic rings. The minimum atomic E-state index is -0.108. The third-order valence-corrected chi connectivity index (χ3v) is 1.70. The van der Waals surface area contributed by atoms with Crippen LogP contribution in [0.25, 0.3) is 0 Å². The molecule has 0 aliphatic rings. The number of amides is 1. The molecule has 12 heavy (non-hydrogen) atoms. The Kier molecular flexibility index (Phi) is 5.26. The topological polar surface area (TPSA) is 29.4 Å². The summed E-state index contributed by atoms with van der Waals surface area (Å²) in [5, 5.41) is 0. The number of carbonyl (C=O) groups excluding carboxylic acids is 1. The molecule has 0 saturated carbocycles. The largest absolute Gasteiger partial charge is 0.272 e. The first-order valence-corrected chi connectivity index (χ1v) is 4.30. The predicted molar refractivity (Wildman–Crippen MR) is 52.5 cm³/mol. The van der Waals surface area contributed by atoms with E-state index in [4.69, 9.17) is 0 Å². The van der Waals surface area contributed by atoms with Crippen molar-refractivity contribution in [1.29, 1.82) is 0 Å². The fraction of sp³-hybridized carbons (Fsp3) is 0.600. The van der Waals surface area contributed by atoms with Crippen molar-refractivity contribution in [2.24, 2.45) is 4.99 Å². The van der Waals surface area contributed by atoms with Crippen LogP contribution in [0.15, 0.2) is 16.1 Å². The van der Waals surface area contributed by atoms with Gasteiger partial charge in [0.05, 0.1) is 0 Å². The third kappa shape index (κ3) is 4.06. The van der Waals surface area contributed by atoms with Crippen molar-refractivity contribution < 1.29 is 4.79 Å². The van der Waals surface area contributed by atoms with Crippen LogP contribution in [0.5, 0.6) is 0 Å². The molecular formula is C10H17NO. The van der Waals surface area contributed by atoms with Crippen molar-refractivity contribution in [2.45, 2.75) is 40.5 Å². The lowest BCUT2D eigenvalue weighted by atomic mass is 10.2. The van der Waals surface area contributed by atoms with Gasteiger partial charge >= 0.3 is 0 Å². The monoisotopic (exact) mass is 167 g/mol. The first-order chi connectivity index (χ1) is 5.59. The van der Waals surface area contributed by atoms with Gasteiger partial charge in [-0.15, -0.1) is 0 Å². The highest BCUT2D eigenvalue weighted by atomic mass is 16.1. The highest BCUT2D eigenvalue weighted by Crippen LogP contribution is 2.03. The third-order valence-electron chi connectivity index (χ3n) is 1.70. The molecule has 0 rings (SSSR count). The van der Waals surface area contributed by atoms with Crippen molar-refractivity contribution >= 4 is 12.1 Å². The van der Waals surface area contributed by atoms with Crippen LogP contribution in [0.3, 0.4) is 0 Å². The Morgan fingerprint density at radius 3 is 2.33 bits per heavy atom. The molecule has 0 N–H and O–H groups in total. The van der Waals surface area contributed by atoms with E-state index in [0.29, 0.717) is 0 Å². The van der Waals surface area contributed by atoms with Gasteiger partial charge in [-0.3, -0.25) is 4.79 Å². The van der Waals surface area contributed by atoms with Gasteiger partial charge < -0.3 is 0 Å². The molecule has 0 atom stereocenters. The number of carbonyl (C=O) groups is 1. The van der Waals surface area contributed by atoms with E-state index in [1.165, 1.54) is 0 Å². The number of aliphatic imine (C=N–C) groups is 1. The van der Waals surface area contributed by atoms with Crippen LogP contribution in [0.1, 0.15) is 40.5 Å². The first kappa shape index (κ1) is 11.1. The van der Waals surface area contributed by atoms with E-state index in [0.717, 1.165) is 24.0 Å². The Bertz CT molecular complexity index is 210. The van der Waals surface area contributed by atoms with E-state index in [9.17, 15) is 4.79 Å². The molecule has 0 aromatic carbocycles. The summed E-state index contributed by atoms with van der Waals surface area (Å²) in [5.74, 6) is -0.108. The maximum absolute atomic E-state index is 11.2. The van der Waals surface area contributed by atoms with Crippen molar-refractivity contribution in [1.82, 2.24) is 0 Å². The lowest BCUT2D eigenvalue weighted by Gasteiger charge is -1.96. The van der Waals surface area contributed by atoms with Crippen molar-refractivity contribution in [3.8, 4) is 0 Å². The fourth-order valence-electron chi connectivity index (χ4n) is 0.587. The molecule has 0 spiro atoms. The minimum absolute atomic E-state index is 0.108. The van der Waals surface area contributed by atoms with Crippen LogP contribution in [-0.2, 0) is 4.79 Å². The molecule has 0 saturated heterocycles. The maximum atomic E-state index is 11.2. The summed E-state index contributed by atoms with van der Waals surface area (Å²) in [4.78, 5) is 15.0. The molecule has 2 nitrogen and oxygen atoms in total.